The molecule has 26 heavy (non-hydrogen) atoms. The third kappa shape index (κ3) is 2.58. The van der Waals surface area contributed by atoms with Crippen LogP contribution in [0.2, 0.25) is 0 Å². The predicted octanol–water partition coefficient (Wildman–Crippen LogP) is 1.82. The number of ether oxygens (including phenoxy) is 1. The highest BCUT2D eigenvalue weighted by molar-refractivity contribution is 7.16. The van der Waals surface area contributed by atoms with Gasteiger partial charge >= 0.3 is 0 Å². The minimum absolute atomic E-state index is 0.0993. The molecule has 2 atom stereocenters. The van der Waals surface area contributed by atoms with Crippen molar-refractivity contribution in [2.45, 2.75) is 38.0 Å². The van der Waals surface area contributed by atoms with E-state index < -0.39 is 0 Å². The number of nitrogens with zero attached hydrogens (tertiary/aromatic N) is 5. The highest BCUT2D eigenvalue weighted by Crippen LogP contribution is 2.36. The van der Waals surface area contributed by atoms with Crippen molar-refractivity contribution in [2.24, 2.45) is 0 Å². The molecule has 0 radical (unpaired) electrons. The van der Waals surface area contributed by atoms with E-state index in [4.69, 9.17) is 9.26 Å². The van der Waals surface area contributed by atoms with E-state index in [-0.39, 0.29) is 23.7 Å². The molecule has 0 N–H and O–H groups in total. The molecule has 0 aliphatic carbocycles. The maximum Gasteiger partial charge on any atom is 0.262 e. The molecule has 0 bridgehead atoms. The summed E-state index contributed by atoms with van der Waals surface area (Å²) in [5.74, 6) is 0.934. The van der Waals surface area contributed by atoms with Gasteiger partial charge in [0.2, 0.25) is 11.7 Å². The highest BCUT2D eigenvalue weighted by atomic mass is 32.1. The molecule has 2 aliphatic heterocycles. The van der Waals surface area contributed by atoms with Gasteiger partial charge in [0.25, 0.3) is 5.56 Å². The zero-order valence-electron chi connectivity index (χ0n) is 14.4. The number of thiophene rings is 1. The average Bonchev–Trinajstić information content (AvgIpc) is 3.35. The first-order chi connectivity index (χ1) is 12.6. The van der Waals surface area contributed by atoms with E-state index in [0.717, 1.165) is 24.3 Å². The zero-order chi connectivity index (χ0) is 17.7. The Hall–Kier alpha value is -2.10. The van der Waals surface area contributed by atoms with Crippen LogP contribution in [-0.4, -0.2) is 49.8 Å². The van der Waals surface area contributed by atoms with Crippen molar-refractivity contribution in [1.82, 2.24) is 24.6 Å². The molecule has 2 fully saturated rings. The third-order valence-corrected chi connectivity index (χ3v) is 6.24. The monoisotopic (exact) mass is 373 g/mol. The summed E-state index contributed by atoms with van der Waals surface area (Å²) < 4.78 is 12.9. The Labute approximate surface area is 153 Å². The average molecular weight is 373 g/mol. The molecule has 0 spiro atoms. The lowest BCUT2D eigenvalue weighted by atomic mass is 9.98. The van der Waals surface area contributed by atoms with E-state index in [1.807, 2.05) is 5.38 Å². The fourth-order valence-electron chi connectivity index (χ4n) is 3.86. The Morgan fingerprint density at radius 1 is 1.46 bits per heavy atom. The van der Waals surface area contributed by atoms with Crippen LogP contribution in [0.1, 0.15) is 37.6 Å². The Morgan fingerprint density at radius 2 is 2.38 bits per heavy atom. The van der Waals surface area contributed by atoms with Gasteiger partial charge in [0.1, 0.15) is 17.5 Å². The molecule has 2 aliphatic rings. The maximum absolute atomic E-state index is 12.5. The van der Waals surface area contributed by atoms with Gasteiger partial charge in [-0.15, -0.1) is 11.3 Å². The minimum Gasteiger partial charge on any atom is -0.367 e. The fraction of sp³-hybridized carbons (Fsp3) is 0.529. The van der Waals surface area contributed by atoms with Crippen LogP contribution >= 0.6 is 11.3 Å². The molecule has 9 heteroatoms. The van der Waals surface area contributed by atoms with Gasteiger partial charge in [-0.1, -0.05) is 5.16 Å². The summed E-state index contributed by atoms with van der Waals surface area (Å²) in [6, 6.07) is 1.79. The van der Waals surface area contributed by atoms with E-state index in [0.29, 0.717) is 23.7 Å². The number of fused-ring (bicyclic) bond motifs is 2. The van der Waals surface area contributed by atoms with Crippen molar-refractivity contribution in [2.75, 3.05) is 19.7 Å². The van der Waals surface area contributed by atoms with Crippen LogP contribution in [0.25, 0.3) is 10.2 Å². The predicted molar refractivity (Wildman–Crippen MR) is 95.2 cm³/mol. The summed E-state index contributed by atoms with van der Waals surface area (Å²) >= 11 is 1.45. The number of hydrogen-bond donors (Lipinski definition) is 0. The third-order valence-electron chi connectivity index (χ3n) is 5.42. The second-order valence-electron chi connectivity index (χ2n) is 7.21. The van der Waals surface area contributed by atoms with Gasteiger partial charge in [0, 0.05) is 12.1 Å². The lowest BCUT2D eigenvalue weighted by Crippen LogP contribution is -2.51. The fourth-order valence-corrected chi connectivity index (χ4v) is 4.58. The molecule has 0 amide bonds. The molecule has 3 aromatic rings. The molecule has 0 aromatic carbocycles. The van der Waals surface area contributed by atoms with Gasteiger partial charge in [-0.2, -0.15) is 4.98 Å². The Balaban J connectivity index is 1.35. The molecular weight excluding hydrogens is 354 g/mol. The van der Waals surface area contributed by atoms with Crippen LogP contribution < -0.4 is 5.56 Å². The first-order valence-electron chi connectivity index (χ1n) is 8.74. The van der Waals surface area contributed by atoms with Crippen LogP contribution in [0.3, 0.4) is 0 Å². The van der Waals surface area contributed by atoms with Gasteiger partial charge in [0.15, 0.2) is 0 Å². The second-order valence-corrected chi connectivity index (χ2v) is 8.10. The molecule has 3 aromatic heterocycles. The topological polar surface area (TPSA) is 86.3 Å². The normalized spacial score (nSPS) is 26.4. The van der Waals surface area contributed by atoms with Crippen LogP contribution in [0.5, 0.6) is 0 Å². The van der Waals surface area contributed by atoms with Crippen LogP contribution in [-0.2, 0) is 11.3 Å². The van der Waals surface area contributed by atoms with E-state index in [1.165, 1.54) is 28.7 Å². The lowest BCUT2D eigenvalue weighted by molar-refractivity contribution is -0.0935. The van der Waals surface area contributed by atoms with Crippen LogP contribution in [0, 0.1) is 0 Å². The molecule has 5 heterocycles. The van der Waals surface area contributed by atoms with Crippen molar-refractivity contribution < 1.29 is 9.26 Å². The molecule has 0 saturated carbocycles. The Morgan fingerprint density at radius 3 is 3.31 bits per heavy atom. The standard InChI is InChI=1S/C17H19N5O3S/c1-17-4-2-5-22(17)7-12(24-9-17)14-19-13(25-20-14)8-21-10-18-15-11(16(21)23)3-6-26-15/h3,6,10,12H,2,4-5,7-9H2,1H3. The summed E-state index contributed by atoms with van der Waals surface area (Å²) in [6.45, 7) is 5.00. The van der Waals surface area contributed by atoms with E-state index >= 15 is 0 Å². The van der Waals surface area contributed by atoms with Crippen molar-refractivity contribution >= 4 is 21.6 Å². The number of aromatic nitrogens is 4. The largest absolute Gasteiger partial charge is 0.367 e. The molecule has 8 nitrogen and oxygen atoms in total. The molecule has 5 rings (SSSR count). The van der Waals surface area contributed by atoms with Gasteiger partial charge in [-0.05, 0) is 37.8 Å². The number of morpholine rings is 1. The second kappa shape index (κ2) is 5.97. The molecule has 2 saturated heterocycles. The quantitative estimate of drug-likeness (QED) is 0.692. The van der Waals surface area contributed by atoms with Crippen molar-refractivity contribution in [3.63, 3.8) is 0 Å². The van der Waals surface area contributed by atoms with Gasteiger partial charge in [-0.25, -0.2) is 4.98 Å². The molecular formula is C17H19N5O3S. The van der Waals surface area contributed by atoms with Crippen LogP contribution in [0.15, 0.2) is 27.1 Å². The number of hydrogen-bond acceptors (Lipinski definition) is 8. The Kier molecular flexibility index (Phi) is 3.70. The molecule has 136 valence electrons. The summed E-state index contributed by atoms with van der Waals surface area (Å²) in [4.78, 5) is 24.4. The smallest absolute Gasteiger partial charge is 0.262 e. The van der Waals surface area contributed by atoms with Gasteiger partial charge in [0.05, 0.1) is 18.3 Å². The lowest BCUT2D eigenvalue weighted by Gasteiger charge is -2.41. The first-order valence-corrected chi connectivity index (χ1v) is 9.62. The highest BCUT2D eigenvalue weighted by Gasteiger charge is 2.43. The zero-order valence-corrected chi connectivity index (χ0v) is 15.2. The van der Waals surface area contributed by atoms with E-state index in [9.17, 15) is 4.79 Å². The van der Waals surface area contributed by atoms with Crippen molar-refractivity contribution in [3.05, 3.63) is 39.8 Å². The van der Waals surface area contributed by atoms with Crippen molar-refractivity contribution in [1.29, 1.82) is 0 Å². The summed E-state index contributed by atoms with van der Waals surface area (Å²) in [6.07, 6.45) is 3.70. The minimum atomic E-state index is -0.187. The first kappa shape index (κ1) is 16.1. The van der Waals surface area contributed by atoms with E-state index in [1.54, 1.807) is 6.07 Å². The van der Waals surface area contributed by atoms with E-state index in [2.05, 4.69) is 26.9 Å². The van der Waals surface area contributed by atoms with Gasteiger partial charge in [-0.3, -0.25) is 14.3 Å². The summed E-state index contributed by atoms with van der Waals surface area (Å²) in [7, 11) is 0. The van der Waals surface area contributed by atoms with Crippen molar-refractivity contribution in [3.8, 4) is 0 Å². The summed E-state index contributed by atoms with van der Waals surface area (Å²) in [5.41, 5.74) is 0.0376. The SMILES string of the molecule is CC12CCCN1CC(c1noc(Cn3cnc4sccc4c3=O)n1)OC2. The number of rotatable bonds is 3. The maximum atomic E-state index is 12.5. The Bertz CT molecular complexity index is 1010. The summed E-state index contributed by atoms with van der Waals surface area (Å²) in [5, 5.41) is 6.56. The van der Waals surface area contributed by atoms with Crippen LogP contribution in [0.4, 0.5) is 0 Å². The molecule has 2 unspecified atom stereocenters. The van der Waals surface area contributed by atoms with Gasteiger partial charge < -0.3 is 9.26 Å².